The van der Waals surface area contributed by atoms with Crippen molar-refractivity contribution >= 4 is 11.6 Å². The van der Waals surface area contributed by atoms with Crippen LogP contribution in [-0.2, 0) is 0 Å². The van der Waals surface area contributed by atoms with E-state index in [9.17, 15) is 5.11 Å². The van der Waals surface area contributed by atoms with Crippen molar-refractivity contribution in [3.05, 3.63) is 79.1 Å². The van der Waals surface area contributed by atoms with Gasteiger partial charge in [0, 0.05) is 23.7 Å². The number of alkyl halides is 1. The molecule has 0 radical (unpaired) electrons. The van der Waals surface area contributed by atoms with E-state index in [1.807, 2.05) is 85.4 Å². The molecule has 0 aliphatic rings. The first-order chi connectivity index (χ1) is 12.5. The predicted molar refractivity (Wildman–Crippen MR) is 106 cm³/mol. The molecular weight excluding hydrogens is 346 g/mol. The molecule has 0 aliphatic carbocycles. The van der Waals surface area contributed by atoms with Gasteiger partial charge in [-0.3, -0.25) is 0 Å². The smallest absolute Gasteiger partial charge is 0.202 e. The predicted octanol–water partition coefficient (Wildman–Crippen LogP) is 5.36. The SMILES string of the molecule is CC(C)(CCl)C(O)C(Oc1ccc(-c2ccccc2)cc1)n1cccc1. The molecule has 2 unspecified atom stereocenters. The molecule has 4 heteroatoms. The molecule has 0 saturated carbocycles. The number of ether oxygens (including phenoxy) is 1. The number of aliphatic hydroxyl groups excluding tert-OH is 1. The molecule has 0 amide bonds. The molecule has 0 saturated heterocycles. The van der Waals surface area contributed by atoms with Crippen LogP contribution in [-0.4, -0.2) is 21.7 Å². The second kappa shape index (κ2) is 7.98. The number of hydrogen-bond donors (Lipinski definition) is 1. The van der Waals surface area contributed by atoms with Crippen molar-refractivity contribution in [2.75, 3.05) is 5.88 Å². The van der Waals surface area contributed by atoms with E-state index < -0.39 is 17.7 Å². The monoisotopic (exact) mass is 369 g/mol. The summed E-state index contributed by atoms with van der Waals surface area (Å²) in [5.41, 5.74) is 1.79. The molecular formula is C22H24ClNO2. The first-order valence-corrected chi connectivity index (χ1v) is 9.23. The lowest BCUT2D eigenvalue weighted by Gasteiger charge is -2.35. The topological polar surface area (TPSA) is 34.4 Å². The van der Waals surface area contributed by atoms with E-state index in [2.05, 4.69) is 12.1 Å². The normalized spacial score (nSPS) is 14.0. The van der Waals surface area contributed by atoms with Crippen LogP contribution in [0.25, 0.3) is 11.1 Å². The van der Waals surface area contributed by atoms with Crippen molar-refractivity contribution in [1.29, 1.82) is 0 Å². The summed E-state index contributed by atoms with van der Waals surface area (Å²) in [6.45, 7) is 3.87. The summed E-state index contributed by atoms with van der Waals surface area (Å²) < 4.78 is 8.02. The Morgan fingerprint density at radius 1 is 0.923 bits per heavy atom. The zero-order valence-electron chi connectivity index (χ0n) is 15.0. The number of aromatic nitrogens is 1. The molecule has 1 N–H and O–H groups in total. The Kier molecular flexibility index (Phi) is 5.70. The van der Waals surface area contributed by atoms with E-state index in [0.29, 0.717) is 11.6 Å². The lowest BCUT2D eigenvalue weighted by molar-refractivity contribution is -0.0660. The lowest BCUT2D eigenvalue weighted by atomic mass is 9.87. The zero-order valence-corrected chi connectivity index (χ0v) is 15.8. The molecule has 0 spiro atoms. The summed E-state index contributed by atoms with van der Waals surface area (Å²) >= 11 is 6.06. The third-order valence-corrected chi connectivity index (χ3v) is 5.24. The van der Waals surface area contributed by atoms with Crippen molar-refractivity contribution in [3.63, 3.8) is 0 Å². The summed E-state index contributed by atoms with van der Waals surface area (Å²) in [6.07, 6.45) is 2.45. The highest BCUT2D eigenvalue weighted by Crippen LogP contribution is 2.33. The van der Waals surface area contributed by atoms with Gasteiger partial charge in [-0.15, -0.1) is 11.6 Å². The van der Waals surface area contributed by atoms with E-state index in [1.54, 1.807) is 0 Å². The van der Waals surface area contributed by atoms with Gasteiger partial charge in [0.1, 0.15) is 11.9 Å². The number of halogens is 1. The highest BCUT2D eigenvalue weighted by atomic mass is 35.5. The minimum atomic E-state index is -0.763. The van der Waals surface area contributed by atoms with Gasteiger partial charge in [0.2, 0.25) is 6.23 Å². The largest absolute Gasteiger partial charge is 0.467 e. The van der Waals surface area contributed by atoms with Crippen LogP contribution in [0.4, 0.5) is 0 Å². The second-order valence-corrected chi connectivity index (χ2v) is 7.36. The first-order valence-electron chi connectivity index (χ1n) is 8.70. The quantitative estimate of drug-likeness (QED) is 0.569. The van der Waals surface area contributed by atoms with Gasteiger partial charge < -0.3 is 14.4 Å². The number of benzene rings is 2. The van der Waals surface area contributed by atoms with Crippen molar-refractivity contribution in [3.8, 4) is 16.9 Å². The van der Waals surface area contributed by atoms with Gasteiger partial charge in [0.25, 0.3) is 0 Å². The Hall–Kier alpha value is -2.23. The minimum absolute atomic E-state index is 0.336. The van der Waals surface area contributed by atoms with Crippen LogP contribution in [0.3, 0.4) is 0 Å². The highest BCUT2D eigenvalue weighted by Gasteiger charge is 2.36. The van der Waals surface area contributed by atoms with Gasteiger partial charge in [-0.25, -0.2) is 0 Å². The molecule has 0 aliphatic heterocycles. The van der Waals surface area contributed by atoms with Crippen LogP contribution >= 0.6 is 11.6 Å². The van der Waals surface area contributed by atoms with Crippen molar-refractivity contribution in [1.82, 2.24) is 4.57 Å². The van der Waals surface area contributed by atoms with E-state index in [4.69, 9.17) is 16.3 Å². The maximum atomic E-state index is 10.9. The Labute approximate surface area is 159 Å². The van der Waals surface area contributed by atoms with Crippen LogP contribution in [0.2, 0.25) is 0 Å². The van der Waals surface area contributed by atoms with Crippen LogP contribution in [0.1, 0.15) is 20.1 Å². The molecule has 3 rings (SSSR count). The highest BCUT2D eigenvalue weighted by molar-refractivity contribution is 6.18. The van der Waals surface area contributed by atoms with E-state index >= 15 is 0 Å². The fraction of sp³-hybridized carbons (Fsp3) is 0.273. The van der Waals surface area contributed by atoms with Gasteiger partial charge in [-0.2, -0.15) is 0 Å². The molecule has 136 valence electrons. The van der Waals surface area contributed by atoms with Gasteiger partial charge in [0.15, 0.2) is 0 Å². The minimum Gasteiger partial charge on any atom is -0.467 e. The Morgan fingerprint density at radius 3 is 2.08 bits per heavy atom. The molecule has 26 heavy (non-hydrogen) atoms. The van der Waals surface area contributed by atoms with Crippen molar-refractivity contribution < 1.29 is 9.84 Å². The Morgan fingerprint density at radius 2 is 1.50 bits per heavy atom. The Bertz CT molecular complexity index is 798. The summed E-state index contributed by atoms with van der Waals surface area (Å²) in [5, 5.41) is 10.9. The number of aliphatic hydroxyl groups is 1. The first kappa shape index (κ1) is 18.6. The summed E-state index contributed by atoms with van der Waals surface area (Å²) in [7, 11) is 0. The maximum Gasteiger partial charge on any atom is 0.202 e. The molecule has 1 aromatic heterocycles. The average molecular weight is 370 g/mol. The maximum absolute atomic E-state index is 10.9. The summed E-state index contributed by atoms with van der Waals surface area (Å²) in [4.78, 5) is 0. The van der Waals surface area contributed by atoms with Gasteiger partial charge >= 0.3 is 0 Å². The number of hydrogen-bond acceptors (Lipinski definition) is 2. The molecule has 2 aromatic carbocycles. The average Bonchev–Trinajstić information content (AvgIpc) is 3.21. The van der Waals surface area contributed by atoms with Crippen molar-refractivity contribution in [2.24, 2.45) is 5.41 Å². The third-order valence-electron chi connectivity index (χ3n) is 4.55. The zero-order chi connectivity index (χ0) is 18.6. The lowest BCUT2D eigenvalue weighted by Crippen LogP contribution is -2.41. The Balaban J connectivity index is 1.83. The van der Waals surface area contributed by atoms with Crippen LogP contribution in [0, 0.1) is 5.41 Å². The molecule has 2 atom stereocenters. The van der Waals surface area contributed by atoms with Crippen LogP contribution < -0.4 is 4.74 Å². The van der Waals surface area contributed by atoms with E-state index in [0.717, 1.165) is 11.1 Å². The van der Waals surface area contributed by atoms with Gasteiger partial charge in [0.05, 0.1) is 0 Å². The third kappa shape index (κ3) is 4.12. The molecule has 0 bridgehead atoms. The van der Waals surface area contributed by atoms with E-state index in [-0.39, 0.29) is 0 Å². The number of nitrogens with zero attached hydrogens (tertiary/aromatic N) is 1. The van der Waals surface area contributed by atoms with Gasteiger partial charge in [-0.05, 0) is 35.4 Å². The number of rotatable bonds is 7. The molecule has 0 fully saturated rings. The fourth-order valence-corrected chi connectivity index (χ4v) is 2.92. The van der Waals surface area contributed by atoms with E-state index in [1.165, 1.54) is 0 Å². The molecule has 3 aromatic rings. The fourth-order valence-electron chi connectivity index (χ4n) is 2.77. The summed E-state index contributed by atoms with van der Waals surface area (Å²) in [6, 6.07) is 21.9. The van der Waals surface area contributed by atoms with Crippen LogP contribution in [0.15, 0.2) is 79.1 Å². The van der Waals surface area contributed by atoms with Crippen molar-refractivity contribution in [2.45, 2.75) is 26.2 Å². The second-order valence-electron chi connectivity index (χ2n) is 7.10. The van der Waals surface area contributed by atoms with Gasteiger partial charge in [-0.1, -0.05) is 56.3 Å². The summed E-state index contributed by atoms with van der Waals surface area (Å²) in [5.74, 6) is 1.04. The molecule has 3 nitrogen and oxygen atoms in total. The van der Waals surface area contributed by atoms with Crippen LogP contribution in [0.5, 0.6) is 5.75 Å². The standard InChI is InChI=1S/C22H24ClNO2/c1-22(2,16-23)20(25)21(24-14-6-7-15-24)26-19-12-10-18(11-13-19)17-8-4-3-5-9-17/h3-15,20-21,25H,16H2,1-2H3. The molecule has 1 heterocycles.